The van der Waals surface area contributed by atoms with E-state index in [4.69, 9.17) is 5.11 Å². The van der Waals surface area contributed by atoms with Crippen molar-refractivity contribution in [3.05, 3.63) is 51.6 Å². The number of hydrogen-bond acceptors (Lipinski definition) is 3. The van der Waals surface area contributed by atoms with Crippen LogP contribution in [0, 0.1) is 3.57 Å². The number of carbonyl (C=O) groups is 1. The zero-order chi connectivity index (χ0) is 13.1. The number of carboxylic acid groups (broad SMARTS) is 1. The molecule has 0 saturated carbocycles. The second-order valence-corrected chi connectivity index (χ2v) is 5.82. The second-order valence-electron chi connectivity index (χ2n) is 3.55. The summed E-state index contributed by atoms with van der Waals surface area (Å²) >= 11 is 3.65. The molecule has 0 aromatic heterocycles. The Labute approximate surface area is 122 Å². The van der Waals surface area contributed by atoms with Gasteiger partial charge in [0.1, 0.15) is 5.75 Å². The van der Waals surface area contributed by atoms with Crippen LogP contribution in [0.1, 0.15) is 10.4 Å². The minimum Gasteiger partial charge on any atom is -0.508 e. The molecule has 3 nitrogen and oxygen atoms in total. The van der Waals surface area contributed by atoms with Crippen molar-refractivity contribution >= 4 is 40.3 Å². The number of phenols is 1. The van der Waals surface area contributed by atoms with Gasteiger partial charge in [-0.15, -0.1) is 0 Å². The normalized spacial score (nSPS) is 10.3. The number of phenolic OH excluding ortho intramolecular Hbond substituents is 1. The van der Waals surface area contributed by atoms with Crippen LogP contribution in [0.25, 0.3) is 0 Å². The number of halogens is 1. The van der Waals surface area contributed by atoms with Crippen molar-refractivity contribution in [3.63, 3.8) is 0 Å². The highest BCUT2D eigenvalue weighted by Gasteiger charge is 2.07. The summed E-state index contributed by atoms with van der Waals surface area (Å²) in [4.78, 5) is 12.8. The third-order valence-corrected chi connectivity index (χ3v) is 4.59. The third kappa shape index (κ3) is 3.17. The van der Waals surface area contributed by atoms with Gasteiger partial charge in [0, 0.05) is 13.4 Å². The van der Waals surface area contributed by atoms with E-state index in [1.165, 1.54) is 11.8 Å². The Bertz CT molecular complexity index is 581. The van der Waals surface area contributed by atoms with E-state index in [2.05, 4.69) is 22.6 Å². The first-order valence-corrected chi connectivity index (χ1v) is 6.95. The molecule has 0 aliphatic heterocycles. The first-order chi connectivity index (χ1) is 8.56. The minimum absolute atomic E-state index is 0.232. The lowest BCUT2D eigenvalue weighted by atomic mass is 10.2. The highest BCUT2D eigenvalue weighted by Crippen LogP contribution is 2.32. The summed E-state index contributed by atoms with van der Waals surface area (Å²) in [6.45, 7) is 0. The van der Waals surface area contributed by atoms with Crippen LogP contribution >= 0.6 is 34.4 Å². The van der Waals surface area contributed by atoms with Gasteiger partial charge in [-0.1, -0.05) is 11.8 Å². The number of aromatic carboxylic acids is 1. The topological polar surface area (TPSA) is 57.5 Å². The van der Waals surface area contributed by atoms with E-state index < -0.39 is 5.97 Å². The molecule has 5 heteroatoms. The zero-order valence-corrected chi connectivity index (χ0v) is 12.1. The molecule has 0 amide bonds. The molecule has 0 saturated heterocycles. The quantitative estimate of drug-likeness (QED) is 0.804. The van der Waals surface area contributed by atoms with E-state index in [1.807, 2.05) is 12.1 Å². The van der Waals surface area contributed by atoms with Gasteiger partial charge in [-0.2, -0.15) is 0 Å². The monoisotopic (exact) mass is 372 g/mol. The molecule has 92 valence electrons. The highest BCUT2D eigenvalue weighted by atomic mass is 127. The van der Waals surface area contributed by atoms with Crippen molar-refractivity contribution in [1.29, 1.82) is 0 Å². The van der Waals surface area contributed by atoms with Crippen molar-refractivity contribution in [2.45, 2.75) is 9.79 Å². The summed E-state index contributed by atoms with van der Waals surface area (Å²) < 4.78 is 0.894. The zero-order valence-electron chi connectivity index (χ0n) is 9.13. The molecule has 0 aliphatic rings. The molecular formula is C13H9IO3S. The third-order valence-electron chi connectivity index (χ3n) is 2.24. The van der Waals surface area contributed by atoms with Crippen LogP contribution in [-0.4, -0.2) is 16.2 Å². The molecule has 0 atom stereocenters. The lowest BCUT2D eigenvalue weighted by Crippen LogP contribution is -1.96. The fourth-order valence-electron chi connectivity index (χ4n) is 1.36. The van der Waals surface area contributed by atoms with Crippen molar-refractivity contribution in [2.75, 3.05) is 0 Å². The van der Waals surface area contributed by atoms with Gasteiger partial charge in [0.15, 0.2) is 0 Å². The summed E-state index contributed by atoms with van der Waals surface area (Å²) in [5, 5.41) is 18.1. The van der Waals surface area contributed by atoms with E-state index in [0.29, 0.717) is 0 Å². The van der Waals surface area contributed by atoms with Gasteiger partial charge in [-0.25, -0.2) is 4.79 Å². The summed E-state index contributed by atoms with van der Waals surface area (Å²) in [7, 11) is 0. The van der Waals surface area contributed by atoms with Crippen LogP contribution in [-0.2, 0) is 0 Å². The number of carboxylic acids is 1. The summed E-state index contributed by atoms with van der Waals surface area (Å²) in [5.74, 6) is -0.690. The molecule has 2 aromatic rings. The van der Waals surface area contributed by atoms with E-state index in [1.54, 1.807) is 30.3 Å². The van der Waals surface area contributed by atoms with Crippen molar-refractivity contribution in [1.82, 2.24) is 0 Å². The maximum absolute atomic E-state index is 10.8. The van der Waals surface area contributed by atoms with Crippen LogP contribution < -0.4 is 0 Å². The maximum atomic E-state index is 10.8. The fraction of sp³-hybridized carbons (Fsp3) is 0. The molecule has 0 spiro atoms. The van der Waals surface area contributed by atoms with Crippen LogP contribution in [0.5, 0.6) is 5.75 Å². The van der Waals surface area contributed by atoms with E-state index in [-0.39, 0.29) is 11.3 Å². The van der Waals surface area contributed by atoms with Crippen molar-refractivity contribution in [2.24, 2.45) is 0 Å². The molecule has 0 unspecified atom stereocenters. The van der Waals surface area contributed by atoms with Crippen LogP contribution in [0.2, 0.25) is 0 Å². The van der Waals surface area contributed by atoms with E-state index >= 15 is 0 Å². The first kappa shape index (κ1) is 13.2. The summed E-state index contributed by atoms with van der Waals surface area (Å²) in [6, 6.07) is 11.9. The van der Waals surface area contributed by atoms with Gasteiger partial charge >= 0.3 is 5.97 Å². The lowest BCUT2D eigenvalue weighted by Gasteiger charge is -2.05. The predicted octanol–water partition coefficient (Wildman–Crippen LogP) is 3.85. The number of hydrogen-bond donors (Lipinski definition) is 2. The highest BCUT2D eigenvalue weighted by molar-refractivity contribution is 14.1. The molecule has 2 N–H and O–H groups in total. The lowest BCUT2D eigenvalue weighted by molar-refractivity contribution is 0.0696. The molecule has 0 heterocycles. The van der Waals surface area contributed by atoms with Gasteiger partial charge in [0.05, 0.1) is 5.56 Å². The predicted molar refractivity (Wildman–Crippen MR) is 78.3 cm³/mol. The van der Waals surface area contributed by atoms with Crippen LogP contribution in [0.3, 0.4) is 0 Å². The van der Waals surface area contributed by atoms with Crippen LogP contribution in [0.15, 0.2) is 52.3 Å². The van der Waals surface area contributed by atoms with Gasteiger partial charge in [-0.05, 0) is 65.1 Å². The Hall–Kier alpha value is -1.21. The Morgan fingerprint density at radius 2 is 1.78 bits per heavy atom. The Kier molecular flexibility index (Phi) is 4.13. The first-order valence-electron chi connectivity index (χ1n) is 5.06. The second kappa shape index (κ2) is 5.62. The van der Waals surface area contributed by atoms with Crippen molar-refractivity contribution < 1.29 is 15.0 Å². The minimum atomic E-state index is -0.922. The number of aromatic hydroxyl groups is 1. The molecule has 0 aliphatic carbocycles. The Morgan fingerprint density at radius 1 is 1.11 bits per heavy atom. The largest absolute Gasteiger partial charge is 0.508 e. The number of rotatable bonds is 3. The Balaban J connectivity index is 2.24. The van der Waals surface area contributed by atoms with Gasteiger partial charge in [0.25, 0.3) is 0 Å². The molecule has 0 radical (unpaired) electrons. The SMILES string of the molecule is O=C(O)c1ccc(Sc2ccc(O)cc2)c(I)c1. The molecule has 2 aromatic carbocycles. The van der Waals surface area contributed by atoms with E-state index in [0.717, 1.165) is 13.4 Å². The van der Waals surface area contributed by atoms with Gasteiger partial charge in [-0.3, -0.25) is 0 Å². The van der Waals surface area contributed by atoms with E-state index in [9.17, 15) is 9.90 Å². The molecule has 18 heavy (non-hydrogen) atoms. The maximum Gasteiger partial charge on any atom is 0.335 e. The molecular weight excluding hydrogens is 363 g/mol. The summed E-state index contributed by atoms with van der Waals surface area (Å²) in [6.07, 6.45) is 0. The smallest absolute Gasteiger partial charge is 0.335 e. The van der Waals surface area contributed by atoms with Crippen LogP contribution in [0.4, 0.5) is 0 Å². The average molecular weight is 372 g/mol. The van der Waals surface area contributed by atoms with Gasteiger partial charge < -0.3 is 10.2 Å². The molecule has 0 bridgehead atoms. The standard InChI is InChI=1S/C13H9IO3S/c14-11-7-8(13(16)17)1-6-12(11)18-10-4-2-9(15)3-5-10/h1-7,15H,(H,16,17). The Morgan fingerprint density at radius 3 is 2.33 bits per heavy atom. The molecule has 0 fully saturated rings. The van der Waals surface area contributed by atoms with Crippen molar-refractivity contribution in [3.8, 4) is 5.75 Å². The summed E-state index contributed by atoms with van der Waals surface area (Å²) in [5.41, 5.74) is 0.287. The fourth-order valence-corrected chi connectivity index (χ4v) is 3.02. The molecule has 2 rings (SSSR count). The average Bonchev–Trinajstić information content (AvgIpc) is 2.34. The van der Waals surface area contributed by atoms with Gasteiger partial charge in [0.2, 0.25) is 0 Å². The number of benzene rings is 2.